The second kappa shape index (κ2) is 4.94. The van der Waals surface area contributed by atoms with Gasteiger partial charge < -0.3 is 15.3 Å². The summed E-state index contributed by atoms with van der Waals surface area (Å²) in [5, 5.41) is 12.6. The minimum absolute atomic E-state index is 0.133. The van der Waals surface area contributed by atoms with Crippen molar-refractivity contribution in [2.75, 3.05) is 20.1 Å². The topological polar surface area (TPSA) is 52.6 Å². The highest BCUT2D eigenvalue weighted by Crippen LogP contribution is 2.29. The maximum atomic E-state index is 12.4. The highest BCUT2D eigenvalue weighted by atomic mass is 16.3. The minimum Gasteiger partial charge on any atom is -0.393 e. The molecule has 4 heteroatoms. The van der Waals surface area contributed by atoms with Crippen LogP contribution in [-0.2, 0) is 4.79 Å². The van der Waals surface area contributed by atoms with Gasteiger partial charge in [-0.05, 0) is 51.5 Å². The number of aliphatic hydroxyl groups excluding tert-OH is 1. The van der Waals surface area contributed by atoms with Crippen LogP contribution in [0.1, 0.15) is 39.0 Å². The Morgan fingerprint density at radius 1 is 1.47 bits per heavy atom. The molecule has 2 N–H and O–H groups in total. The summed E-state index contributed by atoms with van der Waals surface area (Å²) in [7, 11) is 1.88. The molecular formula is C13H24N2O2. The Morgan fingerprint density at radius 3 is 2.71 bits per heavy atom. The number of hydrogen-bond donors (Lipinski definition) is 2. The van der Waals surface area contributed by atoms with E-state index in [9.17, 15) is 9.90 Å². The first-order valence-corrected chi connectivity index (χ1v) is 6.70. The van der Waals surface area contributed by atoms with Crippen LogP contribution in [0.3, 0.4) is 0 Å². The van der Waals surface area contributed by atoms with Gasteiger partial charge in [0.1, 0.15) is 0 Å². The molecule has 0 spiro atoms. The first kappa shape index (κ1) is 12.8. The van der Waals surface area contributed by atoms with Crippen molar-refractivity contribution in [3.05, 3.63) is 0 Å². The van der Waals surface area contributed by atoms with Gasteiger partial charge in [-0.1, -0.05) is 0 Å². The van der Waals surface area contributed by atoms with Gasteiger partial charge in [0.15, 0.2) is 0 Å². The number of piperidine rings is 1. The molecule has 0 aromatic rings. The van der Waals surface area contributed by atoms with Gasteiger partial charge in [0.2, 0.25) is 5.91 Å². The van der Waals surface area contributed by atoms with Gasteiger partial charge in [-0.3, -0.25) is 4.79 Å². The quantitative estimate of drug-likeness (QED) is 0.765. The van der Waals surface area contributed by atoms with Crippen molar-refractivity contribution in [1.29, 1.82) is 0 Å². The van der Waals surface area contributed by atoms with E-state index in [1.165, 1.54) is 6.42 Å². The summed E-state index contributed by atoms with van der Waals surface area (Å²) in [6.45, 7) is 3.74. The number of hydrogen-bond acceptors (Lipinski definition) is 3. The monoisotopic (exact) mass is 240 g/mol. The molecule has 98 valence electrons. The molecule has 1 aliphatic heterocycles. The van der Waals surface area contributed by atoms with Gasteiger partial charge >= 0.3 is 0 Å². The lowest BCUT2D eigenvalue weighted by Gasteiger charge is -2.40. The van der Waals surface area contributed by atoms with Crippen LogP contribution in [0, 0.1) is 5.92 Å². The zero-order valence-corrected chi connectivity index (χ0v) is 10.9. The van der Waals surface area contributed by atoms with Crippen molar-refractivity contribution in [2.45, 2.75) is 50.7 Å². The second-order valence-corrected chi connectivity index (χ2v) is 5.89. The van der Waals surface area contributed by atoms with Crippen molar-refractivity contribution >= 4 is 5.91 Å². The van der Waals surface area contributed by atoms with Gasteiger partial charge in [-0.15, -0.1) is 0 Å². The highest BCUT2D eigenvalue weighted by Gasteiger charge is 2.38. The third kappa shape index (κ3) is 2.80. The molecule has 1 unspecified atom stereocenters. The van der Waals surface area contributed by atoms with Gasteiger partial charge in [0.25, 0.3) is 0 Å². The lowest BCUT2D eigenvalue weighted by Crippen LogP contribution is -2.58. The van der Waals surface area contributed by atoms with E-state index in [0.29, 0.717) is 5.92 Å². The number of carbonyl (C=O) groups excluding carboxylic acids is 1. The van der Waals surface area contributed by atoms with E-state index in [2.05, 4.69) is 5.32 Å². The van der Waals surface area contributed by atoms with Gasteiger partial charge in [-0.2, -0.15) is 0 Å². The SMILES string of the molecule is CN(CC1CC(O)C1)C(=O)C1(C)CCCCN1. The van der Waals surface area contributed by atoms with Crippen LogP contribution < -0.4 is 5.32 Å². The number of amides is 1. The number of rotatable bonds is 3. The zero-order valence-electron chi connectivity index (χ0n) is 10.9. The molecule has 0 aromatic heterocycles. The third-order valence-corrected chi connectivity index (χ3v) is 4.18. The van der Waals surface area contributed by atoms with Crippen LogP contribution in [-0.4, -0.2) is 47.7 Å². The summed E-state index contributed by atoms with van der Waals surface area (Å²) in [5.41, 5.74) is -0.366. The predicted octanol–water partition coefficient (Wildman–Crippen LogP) is 0.748. The Morgan fingerprint density at radius 2 is 2.18 bits per heavy atom. The van der Waals surface area contributed by atoms with E-state index in [1.807, 2.05) is 18.9 Å². The van der Waals surface area contributed by atoms with Crippen molar-refractivity contribution in [2.24, 2.45) is 5.92 Å². The molecule has 1 atom stereocenters. The molecular weight excluding hydrogens is 216 g/mol. The highest BCUT2D eigenvalue weighted by molar-refractivity contribution is 5.85. The van der Waals surface area contributed by atoms with Crippen LogP contribution in [0.15, 0.2) is 0 Å². The summed E-state index contributed by atoms with van der Waals surface area (Å²) in [5.74, 6) is 0.699. The summed E-state index contributed by atoms with van der Waals surface area (Å²) in [6.07, 6.45) is 4.80. The summed E-state index contributed by atoms with van der Waals surface area (Å²) < 4.78 is 0. The number of likely N-dealkylation sites (N-methyl/N-ethyl adjacent to an activating group) is 1. The van der Waals surface area contributed by atoms with Crippen LogP contribution >= 0.6 is 0 Å². The Labute approximate surface area is 103 Å². The van der Waals surface area contributed by atoms with E-state index >= 15 is 0 Å². The molecule has 2 rings (SSSR count). The fourth-order valence-electron chi connectivity index (χ4n) is 2.98. The lowest BCUT2D eigenvalue weighted by molar-refractivity contribution is -0.139. The molecule has 4 nitrogen and oxygen atoms in total. The van der Waals surface area contributed by atoms with Crippen molar-refractivity contribution in [3.8, 4) is 0 Å². The van der Waals surface area contributed by atoms with Crippen LogP contribution in [0.25, 0.3) is 0 Å². The van der Waals surface area contributed by atoms with Crippen LogP contribution in [0.2, 0.25) is 0 Å². The molecule has 1 saturated carbocycles. The molecule has 0 radical (unpaired) electrons. The largest absolute Gasteiger partial charge is 0.393 e. The first-order chi connectivity index (χ1) is 8.01. The molecule has 1 aliphatic carbocycles. The third-order valence-electron chi connectivity index (χ3n) is 4.18. The predicted molar refractivity (Wildman–Crippen MR) is 66.6 cm³/mol. The number of nitrogens with zero attached hydrogens (tertiary/aromatic N) is 1. The molecule has 1 amide bonds. The van der Waals surface area contributed by atoms with Crippen LogP contribution in [0.4, 0.5) is 0 Å². The maximum absolute atomic E-state index is 12.4. The number of nitrogens with one attached hydrogen (secondary N) is 1. The van der Waals surface area contributed by atoms with Gasteiger partial charge in [-0.25, -0.2) is 0 Å². The fourth-order valence-corrected chi connectivity index (χ4v) is 2.98. The lowest BCUT2D eigenvalue weighted by atomic mass is 9.81. The van der Waals surface area contributed by atoms with Crippen molar-refractivity contribution in [3.63, 3.8) is 0 Å². The summed E-state index contributed by atoms with van der Waals surface area (Å²) in [6, 6.07) is 0. The van der Waals surface area contributed by atoms with Gasteiger partial charge in [0.05, 0.1) is 11.6 Å². The Kier molecular flexibility index (Phi) is 3.73. The van der Waals surface area contributed by atoms with E-state index < -0.39 is 0 Å². The number of aliphatic hydroxyl groups is 1. The number of carbonyl (C=O) groups is 1. The van der Waals surface area contributed by atoms with Gasteiger partial charge in [0, 0.05) is 13.6 Å². The Hall–Kier alpha value is -0.610. The van der Waals surface area contributed by atoms with E-state index in [4.69, 9.17) is 0 Å². The minimum atomic E-state index is -0.366. The summed E-state index contributed by atoms with van der Waals surface area (Å²) >= 11 is 0. The van der Waals surface area contributed by atoms with E-state index in [0.717, 1.165) is 38.8 Å². The first-order valence-electron chi connectivity index (χ1n) is 6.70. The van der Waals surface area contributed by atoms with Crippen LogP contribution in [0.5, 0.6) is 0 Å². The molecule has 0 bridgehead atoms. The molecule has 1 saturated heterocycles. The molecule has 2 aliphatic rings. The van der Waals surface area contributed by atoms with E-state index in [-0.39, 0.29) is 17.6 Å². The maximum Gasteiger partial charge on any atom is 0.242 e. The Balaban J connectivity index is 1.85. The zero-order chi connectivity index (χ0) is 12.5. The molecule has 2 fully saturated rings. The van der Waals surface area contributed by atoms with E-state index in [1.54, 1.807) is 0 Å². The summed E-state index contributed by atoms with van der Waals surface area (Å²) in [4.78, 5) is 14.2. The molecule has 17 heavy (non-hydrogen) atoms. The Bertz CT molecular complexity index is 281. The second-order valence-electron chi connectivity index (χ2n) is 5.89. The van der Waals surface area contributed by atoms with Crippen molar-refractivity contribution < 1.29 is 9.90 Å². The standard InChI is InChI=1S/C13H24N2O2/c1-13(5-3-4-6-14-13)12(17)15(2)9-10-7-11(16)8-10/h10-11,14,16H,3-9H2,1-2H3. The smallest absolute Gasteiger partial charge is 0.242 e. The average Bonchev–Trinajstić information content (AvgIpc) is 2.27. The van der Waals surface area contributed by atoms with Crippen molar-refractivity contribution in [1.82, 2.24) is 10.2 Å². The molecule has 1 heterocycles. The normalized spacial score (nSPS) is 37.4. The average molecular weight is 240 g/mol. The fraction of sp³-hybridized carbons (Fsp3) is 0.923. The molecule has 0 aromatic carbocycles.